The van der Waals surface area contributed by atoms with Crippen molar-refractivity contribution >= 4 is 41.2 Å². The average molecular weight is 655 g/mol. The highest BCUT2D eigenvalue weighted by Crippen LogP contribution is 2.33. The minimum absolute atomic E-state index is 0.0174. The van der Waals surface area contributed by atoms with E-state index in [1.807, 2.05) is 0 Å². The van der Waals surface area contributed by atoms with Crippen LogP contribution in [0.2, 0.25) is 0 Å². The van der Waals surface area contributed by atoms with E-state index in [-0.39, 0.29) is 30.4 Å². The van der Waals surface area contributed by atoms with Crippen LogP contribution in [0.25, 0.3) is 0 Å². The van der Waals surface area contributed by atoms with Crippen molar-refractivity contribution in [3.05, 3.63) is 58.9 Å². The van der Waals surface area contributed by atoms with E-state index in [2.05, 4.69) is 10.6 Å². The van der Waals surface area contributed by atoms with Crippen LogP contribution in [0.3, 0.4) is 0 Å². The third-order valence-electron chi connectivity index (χ3n) is 7.92. The van der Waals surface area contributed by atoms with Crippen LogP contribution in [0, 0.1) is 5.82 Å². The monoisotopic (exact) mass is 654 g/mol. The number of hydrogen-bond acceptors (Lipinski definition) is 9. The van der Waals surface area contributed by atoms with Gasteiger partial charge in [0.25, 0.3) is 17.7 Å². The number of hydrogen-bond donors (Lipinski definition) is 2. The normalized spacial score (nSPS) is 20.2. The van der Waals surface area contributed by atoms with E-state index in [0.29, 0.717) is 44.8 Å². The van der Waals surface area contributed by atoms with Crippen molar-refractivity contribution in [2.75, 3.05) is 49.7 Å². The van der Waals surface area contributed by atoms with Gasteiger partial charge in [-0.25, -0.2) is 9.18 Å². The molecule has 0 spiro atoms. The minimum atomic E-state index is -1.65. The van der Waals surface area contributed by atoms with Crippen LogP contribution < -0.4 is 15.5 Å². The second-order valence-electron chi connectivity index (χ2n) is 12.5. The van der Waals surface area contributed by atoms with Gasteiger partial charge in [0.05, 0.1) is 31.4 Å². The molecule has 13 nitrogen and oxygen atoms in total. The Morgan fingerprint density at radius 1 is 1.02 bits per heavy atom. The van der Waals surface area contributed by atoms with Gasteiger partial charge in [-0.3, -0.25) is 19.2 Å². The summed E-state index contributed by atoms with van der Waals surface area (Å²) in [5.74, 6) is -3.55. The maximum Gasteiger partial charge on any atom is 0.408 e. The highest BCUT2D eigenvalue weighted by Gasteiger charge is 2.43. The van der Waals surface area contributed by atoms with Gasteiger partial charge in [0.1, 0.15) is 11.4 Å². The number of aryl methyl sites for hydroxylation is 1. The first-order valence-electron chi connectivity index (χ1n) is 15.5. The molecule has 2 heterocycles. The molecular formula is C33H39FN4O9. The number of alkyl carbamates (subject to hydrolysis) is 1. The van der Waals surface area contributed by atoms with Gasteiger partial charge in [-0.1, -0.05) is 6.07 Å². The van der Waals surface area contributed by atoms with E-state index in [1.54, 1.807) is 39.0 Å². The average Bonchev–Trinajstić information content (AvgIpc) is 3.41. The quantitative estimate of drug-likeness (QED) is 0.429. The fourth-order valence-corrected chi connectivity index (χ4v) is 5.80. The highest BCUT2D eigenvalue weighted by atomic mass is 19.1. The summed E-state index contributed by atoms with van der Waals surface area (Å²) >= 11 is 0. The van der Waals surface area contributed by atoms with E-state index in [0.717, 1.165) is 24.1 Å². The molecule has 3 atom stereocenters. The Morgan fingerprint density at radius 2 is 1.77 bits per heavy atom. The molecule has 47 heavy (non-hydrogen) atoms. The fraction of sp³-hybridized carbons (Fsp3) is 0.485. The van der Waals surface area contributed by atoms with Crippen LogP contribution >= 0.6 is 0 Å². The van der Waals surface area contributed by atoms with Gasteiger partial charge in [0, 0.05) is 37.9 Å². The number of benzene rings is 2. The molecule has 3 aliphatic rings. The molecule has 2 N–H and O–H groups in total. The van der Waals surface area contributed by atoms with Crippen molar-refractivity contribution < 1.29 is 47.3 Å². The number of amides is 4. The van der Waals surface area contributed by atoms with Gasteiger partial charge in [-0.15, -0.1) is 0 Å². The Kier molecular flexibility index (Phi) is 10.1. The van der Waals surface area contributed by atoms with E-state index in [9.17, 15) is 28.4 Å². The van der Waals surface area contributed by atoms with Crippen molar-refractivity contribution in [3.63, 3.8) is 0 Å². The van der Waals surface area contributed by atoms with Gasteiger partial charge >= 0.3 is 12.1 Å². The molecule has 2 aliphatic heterocycles. The number of fused-ring (bicyclic) bond motifs is 1. The lowest BCUT2D eigenvalue weighted by Gasteiger charge is -2.35. The Hall–Kier alpha value is -4.56. The van der Waals surface area contributed by atoms with Crippen LogP contribution in [0.1, 0.15) is 61.6 Å². The summed E-state index contributed by atoms with van der Waals surface area (Å²) in [5, 5.41) is 5.59. The SMILES string of the molecule is CC(=O)O[C@@H](C(=O)Nc1ccc2c(c1)CC[C@@H]2NC(=O)OC(C)(C)C)[C@H]1OCCN(c2ccc(F)c(C(=O)N3CCOCC3)c2)C1=O. The Labute approximate surface area is 271 Å². The fourth-order valence-electron chi connectivity index (χ4n) is 5.80. The maximum absolute atomic E-state index is 14.8. The molecule has 2 saturated heterocycles. The molecule has 0 saturated carbocycles. The summed E-state index contributed by atoms with van der Waals surface area (Å²) in [4.78, 5) is 67.4. The molecule has 0 radical (unpaired) electrons. The first kappa shape index (κ1) is 33.8. The second-order valence-corrected chi connectivity index (χ2v) is 12.5. The third-order valence-corrected chi connectivity index (χ3v) is 7.92. The summed E-state index contributed by atoms with van der Waals surface area (Å²) < 4.78 is 36.4. The minimum Gasteiger partial charge on any atom is -0.449 e. The Morgan fingerprint density at radius 3 is 2.47 bits per heavy atom. The molecule has 252 valence electrons. The van der Waals surface area contributed by atoms with Crippen LogP contribution in [0.15, 0.2) is 36.4 Å². The molecule has 1 aliphatic carbocycles. The lowest BCUT2D eigenvalue weighted by atomic mass is 10.1. The lowest BCUT2D eigenvalue weighted by molar-refractivity contribution is -0.167. The van der Waals surface area contributed by atoms with Gasteiger partial charge in [-0.2, -0.15) is 0 Å². The Balaban J connectivity index is 1.30. The summed E-state index contributed by atoms with van der Waals surface area (Å²) in [6.07, 6.45) is -2.39. The largest absolute Gasteiger partial charge is 0.449 e. The van der Waals surface area contributed by atoms with Gasteiger partial charge in [0.2, 0.25) is 6.10 Å². The van der Waals surface area contributed by atoms with Crippen molar-refractivity contribution in [2.45, 2.75) is 64.4 Å². The molecule has 2 aromatic carbocycles. The zero-order valence-electron chi connectivity index (χ0n) is 26.8. The van der Waals surface area contributed by atoms with E-state index >= 15 is 0 Å². The van der Waals surface area contributed by atoms with Crippen LogP contribution in [0.5, 0.6) is 0 Å². The number of nitrogens with one attached hydrogen (secondary N) is 2. The second kappa shape index (κ2) is 14.1. The summed E-state index contributed by atoms with van der Waals surface area (Å²) in [5.41, 5.74) is 1.59. The van der Waals surface area contributed by atoms with Crippen molar-refractivity contribution in [2.24, 2.45) is 0 Å². The zero-order chi connectivity index (χ0) is 33.9. The number of ether oxygens (including phenoxy) is 4. The molecule has 0 aromatic heterocycles. The van der Waals surface area contributed by atoms with E-state index in [4.69, 9.17) is 18.9 Å². The van der Waals surface area contributed by atoms with Gasteiger partial charge < -0.3 is 39.4 Å². The van der Waals surface area contributed by atoms with Crippen LogP contribution in [0.4, 0.5) is 20.6 Å². The van der Waals surface area contributed by atoms with Crippen molar-refractivity contribution in [1.29, 1.82) is 0 Å². The first-order valence-corrected chi connectivity index (χ1v) is 15.5. The predicted molar refractivity (Wildman–Crippen MR) is 166 cm³/mol. The molecule has 2 fully saturated rings. The zero-order valence-corrected chi connectivity index (χ0v) is 26.8. The summed E-state index contributed by atoms with van der Waals surface area (Å²) in [6.45, 7) is 7.81. The Bertz CT molecular complexity index is 1550. The molecule has 5 rings (SSSR count). The smallest absolute Gasteiger partial charge is 0.408 e. The molecule has 2 aromatic rings. The van der Waals surface area contributed by atoms with Crippen molar-refractivity contribution in [1.82, 2.24) is 10.2 Å². The summed E-state index contributed by atoms with van der Waals surface area (Å²) in [7, 11) is 0. The lowest BCUT2D eigenvalue weighted by Crippen LogP contribution is -2.56. The van der Waals surface area contributed by atoms with E-state index < -0.39 is 53.4 Å². The van der Waals surface area contributed by atoms with Gasteiger partial charge in [-0.05, 0) is 75.1 Å². The third kappa shape index (κ3) is 8.06. The number of morpholine rings is 2. The highest BCUT2D eigenvalue weighted by molar-refractivity contribution is 6.05. The van der Waals surface area contributed by atoms with Crippen LogP contribution in [-0.4, -0.2) is 91.9 Å². The number of carbonyl (C=O) groups is 5. The standard InChI is InChI=1S/C33H39FN4O9/c1-19(39)46-27(29(40)35-21-6-8-23-20(17-21)5-10-26(23)36-32(43)47-33(2,3)4)28-31(42)38(13-16-45-28)22-7-9-25(34)24(18-22)30(41)37-11-14-44-15-12-37/h6-9,17-18,26-28H,5,10-16H2,1-4H3,(H,35,40)(H,36,43)/t26-,27+,28+/m0/s1. The molecular weight excluding hydrogens is 615 g/mol. The first-order chi connectivity index (χ1) is 22.3. The molecule has 0 unspecified atom stereocenters. The number of anilines is 2. The number of nitrogens with zero attached hydrogens (tertiary/aromatic N) is 2. The van der Waals surface area contributed by atoms with Crippen molar-refractivity contribution in [3.8, 4) is 0 Å². The number of halogens is 1. The topological polar surface area (TPSA) is 153 Å². The number of carbonyl (C=O) groups excluding carboxylic acids is 5. The van der Waals surface area contributed by atoms with Crippen LogP contribution in [-0.2, 0) is 39.8 Å². The number of rotatable bonds is 7. The maximum atomic E-state index is 14.8. The molecule has 14 heteroatoms. The summed E-state index contributed by atoms with van der Waals surface area (Å²) in [6, 6.07) is 8.71. The van der Waals surface area contributed by atoms with Gasteiger partial charge in [0.15, 0.2) is 6.10 Å². The molecule has 0 bridgehead atoms. The molecule has 4 amide bonds. The van der Waals surface area contributed by atoms with E-state index in [1.165, 1.54) is 21.9 Å². The predicted octanol–water partition coefficient (Wildman–Crippen LogP) is 3.11. The number of esters is 1.